The van der Waals surface area contributed by atoms with Crippen LogP contribution in [0.3, 0.4) is 0 Å². The number of aliphatic carboxylic acids is 1. The van der Waals surface area contributed by atoms with E-state index in [1.165, 1.54) is 23.9 Å². The molecular weight excluding hydrogens is 741 g/mol. The number of carboxylic acids is 1. The minimum atomic E-state index is -1.30. The van der Waals surface area contributed by atoms with Crippen LogP contribution in [0.1, 0.15) is 30.4 Å². The van der Waals surface area contributed by atoms with Crippen LogP contribution in [-0.2, 0) is 46.4 Å². The van der Waals surface area contributed by atoms with Gasteiger partial charge in [-0.15, -0.1) is 0 Å². The first-order chi connectivity index (χ1) is 25.7. The van der Waals surface area contributed by atoms with Crippen molar-refractivity contribution in [3.05, 3.63) is 65.9 Å². The summed E-state index contributed by atoms with van der Waals surface area (Å²) in [7, 11) is 0. The number of nitrogens with one attached hydrogen (secondary N) is 6. The van der Waals surface area contributed by atoms with Crippen LogP contribution in [0.5, 0.6) is 5.75 Å². The van der Waals surface area contributed by atoms with Gasteiger partial charge in [0, 0.05) is 35.7 Å². The molecule has 6 amide bonds. The first-order valence-corrected chi connectivity index (χ1v) is 18.9. The normalized spacial score (nSPS) is 13.8. The van der Waals surface area contributed by atoms with E-state index in [0.29, 0.717) is 16.9 Å². The number of aromatic amines is 1. The summed E-state index contributed by atoms with van der Waals surface area (Å²) in [6, 6.07) is 7.21. The van der Waals surface area contributed by atoms with Crippen molar-refractivity contribution >= 4 is 76.7 Å². The quantitative estimate of drug-likeness (QED) is 0.0554. The van der Waals surface area contributed by atoms with Crippen LogP contribution in [0.15, 0.2) is 54.7 Å². The Labute approximate surface area is 320 Å². The fourth-order valence-electron chi connectivity index (χ4n) is 5.31. The maximum atomic E-state index is 13.4. The van der Waals surface area contributed by atoms with Gasteiger partial charge >= 0.3 is 5.97 Å². The molecule has 12 N–H and O–H groups in total. The molecule has 54 heavy (non-hydrogen) atoms. The Morgan fingerprint density at radius 1 is 0.815 bits per heavy atom. The number of fused-ring (bicyclic) bond motifs is 1. The molecule has 0 aliphatic heterocycles. The summed E-state index contributed by atoms with van der Waals surface area (Å²) in [5.74, 6) is -5.58. The Bertz CT molecular complexity index is 1790. The lowest BCUT2D eigenvalue weighted by molar-refractivity contribution is -0.141. The molecule has 292 valence electrons. The summed E-state index contributed by atoms with van der Waals surface area (Å²) in [4.78, 5) is 92.1. The number of H-pyrrole nitrogens is 1. The van der Waals surface area contributed by atoms with Gasteiger partial charge in [0.2, 0.25) is 35.4 Å². The highest BCUT2D eigenvalue weighted by Crippen LogP contribution is 2.19. The molecule has 0 fully saturated rings. The fourth-order valence-corrected chi connectivity index (χ4v) is 6.04. The molecule has 17 nitrogen and oxygen atoms in total. The second-order valence-electron chi connectivity index (χ2n) is 12.4. The molecule has 0 aliphatic carbocycles. The number of primary amides is 1. The van der Waals surface area contributed by atoms with E-state index in [4.69, 9.17) is 11.5 Å². The van der Waals surface area contributed by atoms with E-state index >= 15 is 0 Å². The van der Waals surface area contributed by atoms with E-state index in [2.05, 4.69) is 44.2 Å². The standard InChI is InChI=1S/C35H46N8O9S2/c1-54-13-12-26(42-33(49)25(10-11-29(37)45)41-31(47)23(36)14-19-6-8-21(44)9-7-19)34(50)43-28(18-53)32(48)39-17-30(46)40-27(35(51)52)15-20-16-38-24-5-3-2-4-22(20)24/h2-9,16,23,25-28,38,44,53H,10-15,17-18,36H2,1H3,(H2,37,45)(H,39,48)(H,40,46)(H,41,47)(H,42,49)(H,43,50)(H,51,52)/t23-,25-,26-,27-,28-/m0/s1. The van der Waals surface area contributed by atoms with E-state index in [9.17, 15) is 43.8 Å². The first-order valence-electron chi connectivity index (χ1n) is 16.9. The lowest BCUT2D eigenvalue weighted by Crippen LogP contribution is -2.58. The van der Waals surface area contributed by atoms with Crippen LogP contribution < -0.4 is 38.1 Å². The van der Waals surface area contributed by atoms with Gasteiger partial charge in [0.1, 0.15) is 29.9 Å². The molecule has 0 radical (unpaired) electrons. The number of para-hydroxylation sites is 1. The van der Waals surface area contributed by atoms with Crippen molar-refractivity contribution in [2.45, 2.75) is 62.3 Å². The second-order valence-corrected chi connectivity index (χ2v) is 13.7. The zero-order valence-electron chi connectivity index (χ0n) is 29.5. The Morgan fingerprint density at radius 3 is 2.07 bits per heavy atom. The lowest BCUT2D eigenvalue weighted by Gasteiger charge is -2.25. The number of phenolic OH excluding ortho intramolecular Hbond substituents is 1. The topological polar surface area (TPSA) is 288 Å². The van der Waals surface area contributed by atoms with E-state index in [0.717, 1.165) is 10.9 Å². The summed E-state index contributed by atoms with van der Waals surface area (Å²) < 4.78 is 0. The molecule has 1 heterocycles. The molecule has 3 rings (SSSR count). The van der Waals surface area contributed by atoms with Crippen molar-refractivity contribution in [1.82, 2.24) is 31.6 Å². The Balaban J connectivity index is 1.60. The van der Waals surface area contributed by atoms with Crippen molar-refractivity contribution < 1.29 is 43.8 Å². The molecule has 0 aliphatic rings. The van der Waals surface area contributed by atoms with Gasteiger partial charge in [-0.3, -0.25) is 28.8 Å². The van der Waals surface area contributed by atoms with Crippen LogP contribution in [0, 0.1) is 0 Å². The number of carbonyl (C=O) groups excluding carboxylic acids is 6. The highest BCUT2D eigenvalue weighted by Gasteiger charge is 2.31. The SMILES string of the molecule is CSCC[C@H](NC(=O)[C@H](CCC(N)=O)NC(=O)[C@@H](N)Cc1ccc(O)cc1)C(=O)N[C@@H](CS)C(=O)NCC(=O)N[C@@H](Cc1c[nH]c2ccccc12)C(=O)O. The summed E-state index contributed by atoms with van der Waals surface area (Å²) in [6.45, 7) is -0.598. The third-order valence-corrected chi connectivity index (χ3v) is 9.26. The number of benzene rings is 2. The minimum Gasteiger partial charge on any atom is -0.508 e. The number of aromatic nitrogens is 1. The number of phenols is 1. The van der Waals surface area contributed by atoms with Crippen molar-refractivity contribution in [1.29, 1.82) is 0 Å². The summed E-state index contributed by atoms with van der Waals surface area (Å²) in [6.07, 6.45) is 3.17. The number of nitrogens with two attached hydrogens (primary N) is 2. The highest BCUT2D eigenvalue weighted by molar-refractivity contribution is 7.98. The number of hydrogen-bond donors (Lipinski definition) is 11. The van der Waals surface area contributed by atoms with Gasteiger partial charge in [-0.25, -0.2) is 4.79 Å². The minimum absolute atomic E-state index is 0.0167. The van der Waals surface area contributed by atoms with Gasteiger partial charge < -0.3 is 53.2 Å². The predicted octanol–water partition coefficient (Wildman–Crippen LogP) is -0.926. The third kappa shape index (κ3) is 13.6. The molecular formula is C35H46N8O9S2. The van der Waals surface area contributed by atoms with Crippen LogP contribution in [0.25, 0.3) is 10.9 Å². The number of hydrogen-bond acceptors (Lipinski definition) is 11. The smallest absolute Gasteiger partial charge is 0.326 e. The number of carbonyl (C=O) groups is 7. The maximum absolute atomic E-state index is 13.4. The number of amides is 6. The van der Waals surface area contributed by atoms with Crippen molar-refractivity contribution in [3.8, 4) is 5.75 Å². The molecule has 1 aromatic heterocycles. The molecule has 0 saturated carbocycles. The van der Waals surface area contributed by atoms with Crippen LogP contribution in [0.4, 0.5) is 0 Å². The zero-order chi connectivity index (χ0) is 39.8. The van der Waals surface area contributed by atoms with E-state index < -0.39 is 78.2 Å². The number of thiol groups is 1. The van der Waals surface area contributed by atoms with Gasteiger partial charge in [-0.1, -0.05) is 30.3 Å². The Morgan fingerprint density at radius 2 is 1.44 bits per heavy atom. The number of rotatable bonds is 22. The molecule has 0 saturated heterocycles. The largest absolute Gasteiger partial charge is 0.508 e. The van der Waals surface area contributed by atoms with Crippen LogP contribution >= 0.6 is 24.4 Å². The van der Waals surface area contributed by atoms with Gasteiger partial charge in [0.25, 0.3) is 0 Å². The Hall–Kier alpha value is -5.27. The number of aromatic hydroxyl groups is 1. The Kier molecular flexibility index (Phi) is 17.1. The highest BCUT2D eigenvalue weighted by atomic mass is 32.2. The monoisotopic (exact) mass is 786 g/mol. The zero-order valence-corrected chi connectivity index (χ0v) is 31.2. The molecule has 5 atom stereocenters. The lowest BCUT2D eigenvalue weighted by atomic mass is 10.0. The van der Waals surface area contributed by atoms with Crippen molar-refractivity contribution in [3.63, 3.8) is 0 Å². The predicted molar refractivity (Wildman–Crippen MR) is 205 cm³/mol. The van der Waals surface area contributed by atoms with Gasteiger partial charge in [-0.05, 0) is 60.6 Å². The van der Waals surface area contributed by atoms with Crippen molar-refractivity contribution in [2.24, 2.45) is 11.5 Å². The number of thioether (sulfide) groups is 1. The van der Waals surface area contributed by atoms with Crippen LogP contribution in [-0.4, -0.2) is 111 Å². The summed E-state index contributed by atoms with van der Waals surface area (Å²) in [5.41, 5.74) is 13.5. The molecule has 19 heteroatoms. The third-order valence-electron chi connectivity index (χ3n) is 8.26. The summed E-state index contributed by atoms with van der Waals surface area (Å²) >= 11 is 5.54. The van der Waals surface area contributed by atoms with Gasteiger partial charge in [0.15, 0.2) is 0 Å². The molecule has 3 aromatic rings. The van der Waals surface area contributed by atoms with E-state index in [1.807, 2.05) is 24.3 Å². The number of carboxylic acid groups (broad SMARTS) is 1. The van der Waals surface area contributed by atoms with E-state index in [1.54, 1.807) is 24.6 Å². The molecule has 0 unspecified atom stereocenters. The average molecular weight is 787 g/mol. The van der Waals surface area contributed by atoms with Gasteiger partial charge in [-0.2, -0.15) is 24.4 Å². The fraction of sp³-hybridized carbons (Fsp3) is 0.400. The molecule has 0 spiro atoms. The molecule has 0 bridgehead atoms. The van der Waals surface area contributed by atoms with E-state index in [-0.39, 0.29) is 43.6 Å². The average Bonchev–Trinajstić information content (AvgIpc) is 3.55. The summed E-state index contributed by atoms with van der Waals surface area (Å²) in [5, 5.41) is 32.4. The first kappa shape index (κ1) is 43.1. The molecule has 2 aromatic carbocycles. The van der Waals surface area contributed by atoms with Crippen molar-refractivity contribution in [2.75, 3.05) is 24.3 Å². The second kappa shape index (κ2) is 21.4. The van der Waals surface area contributed by atoms with Gasteiger partial charge in [0.05, 0.1) is 12.6 Å². The van der Waals surface area contributed by atoms with Crippen LogP contribution in [0.2, 0.25) is 0 Å². The maximum Gasteiger partial charge on any atom is 0.326 e.